The average Bonchev–Trinajstić information content (AvgIpc) is 2.91. The first-order chi connectivity index (χ1) is 14.5. The van der Waals surface area contributed by atoms with Gasteiger partial charge >= 0.3 is 0 Å². The van der Waals surface area contributed by atoms with Gasteiger partial charge in [-0.1, -0.05) is 34.6 Å². The van der Waals surface area contributed by atoms with Gasteiger partial charge < -0.3 is 19.7 Å². The van der Waals surface area contributed by atoms with Gasteiger partial charge in [-0.3, -0.25) is 0 Å². The van der Waals surface area contributed by atoms with Crippen molar-refractivity contribution in [2.45, 2.75) is 110 Å². The molecule has 6 fully saturated rings. The summed E-state index contributed by atoms with van der Waals surface area (Å²) in [6, 6.07) is 0. The van der Waals surface area contributed by atoms with Gasteiger partial charge in [-0.15, -0.1) is 0 Å². The second kappa shape index (κ2) is 5.96. The lowest BCUT2D eigenvalue weighted by Gasteiger charge is -2.81. The Bertz CT molecular complexity index is 809. The van der Waals surface area contributed by atoms with Crippen LogP contribution in [-0.4, -0.2) is 40.9 Å². The molecule has 174 valence electrons. The van der Waals surface area contributed by atoms with Crippen LogP contribution in [-0.2, 0) is 9.53 Å². The number of aldehydes is 1. The molecule has 6 aliphatic rings. The van der Waals surface area contributed by atoms with Gasteiger partial charge in [0.1, 0.15) is 12.4 Å². The van der Waals surface area contributed by atoms with Gasteiger partial charge in [-0.2, -0.15) is 0 Å². The lowest BCUT2D eigenvalue weighted by Crippen LogP contribution is -2.76. The maximum atomic E-state index is 11.9. The van der Waals surface area contributed by atoms with Gasteiger partial charge in [-0.25, -0.2) is 0 Å². The van der Waals surface area contributed by atoms with Crippen LogP contribution in [0.5, 0.6) is 0 Å². The Labute approximate surface area is 187 Å². The molecule has 0 radical (unpaired) electrons. The number of carbonyl (C=O) groups is 1. The molecular weight excluding hydrogens is 388 g/mol. The lowest BCUT2D eigenvalue weighted by atomic mass is 9.23. The van der Waals surface area contributed by atoms with Gasteiger partial charge in [0.15, 0.2) is 0 Å². The Morgan fingerprint density at radius 1 is 0.968 bits per heavy atom. The summed E-state index contributed by atoms with van der Waals surface area (Å²) < 4.78 is 6.29. The highest BCUT2D eigenvalue weighted by Gasteiger charge is 2.82. The molecule has 1 heterocycles. The van der Waals surface area contributed by atoms with Crippen molar-refractivity contribution < 1.29 is 19.7 Å². The van der Waals surface area contributed by atoms with Crippen LogP contribution in [0.4, 0.5) is 0 Å². The molecule has 2 N–H and O–H groups in total. The van der Waals surface area contributed by atoms with Crippen LogP contribution in [0.25, 0.3) is 0 Å². The molecule has 0 aromatic carbocycles. The Hall–Kier alpha value is -0.450. The third-order valence-electron chi connectivity index (χ3n) is 13.2. The van der Waals surface area contributed by atoms with Crippen LogP contribution in [0.3, 0.4) is 0 Å². The van der Waals surface area contributed by atoms with Crippen LogP contribution >= 0.6 is 0 Å². The molecule has 0 aromatic rings. The highest BCUT2D eigenvalue weighted by atomic mass is 16.5. The topological polar surface area (TPSA) is 66.8 Å². The maximum Gasteiger partial charge on any atom is 0.148 e. The molecule has 1 aliphatic heterocycles. The molecule has 1 saturated heterocycles. The number of aliphatic hydroxyl groups is 2. The molecule has 4 unspecified atom stereocenters. The number of carbonyl (C=O) groups excluding carboxylic acids is 1. The van der Waals surface area contributed by atoms with E-state index in [0.717, 1.165) is 32.0 Å². The number of aliphatic hydroxyl groups excluding tert-OH is 2. The summed E-state index contributed by atoms with van der Waals surface area (Å²) in [6.07, 6.45) is 8.58. The summed E-state index contributed by atoms with van der Waals surface area (Å²) >= 11 is 0. The van der Waals surface area contributed by atoms with Crippen molar-refractivity contribution in [3.8, 4) is 0 Å². The SMILES string of the molecule is C[C@@H]1C[C@H](C=O)O[C@H]2C1[C@@]1(C)CC[C@]34CC5(CCC3[C@]1(C)[C@H]2O)C4CC[C@H](O)C5(C)C. The second-order valence-corrected chi connectivity index (χ2v) is 13.7. The Morgan fingerprint density at radius 2 is 1.71 bits per heavy atom. The summed E-state index contributed by atoms with van der Waals surface area (Å²) in [6.45, 7) is 11.8. The van der Waals surface area contributed by atoms with E-state index in [0.29, 0.717) is 29.1 Å². The minimum Gasteiger partial charge on any atom is -0.393 e. The fourth-order valence-corrected chi connectivity index (χ4v) is 11.6. The summed E-state index contributed by atoms with van der Waals surface area (Å²) in [5.74, 6) is 1.94. The van der Waals surface area contributed by atoms with E-state index >= 15 is 0 Å². The van der Waals surface area contributed by atoms with Crippen LogP contribution < -0.4 is 0 Å². The predicted molar refractivity (Wildman–Crippen MR) is 118 cm³/mol. The van der Waals surface area contributed by atoms with Crippen molar-refractivity contribution in [2.24, 2.45) is 50.7 Å². The molecule has 31 heavy (non-hydrogen) atoms. The summed E-state index contributed by atoms with van der Waals surface area (Å²) in [5.41, 5.74) is 0.490. The number of hydrogen-bond acceptors (Lipinski definition) is 4. The Balaban J connectivity index is 1.41. The average molecular weight is 431 g/mol. The van der Waals surface area contributed by atoms with Crippen LogP contribution in [0.15, 0.2) is 0 Å². The zero-order valence-corrected chi connectivity index (χ0v) is 20.1. The molecule has 2 spiro atoms. The highest BCUT2D eigenvalue weighted by molar-refractivity contribution is 5.56. The zero-order chi connectivity index (χ0) is 22.2. The Kier molecular flexibility index (Phi) is 4.06. The van der Waals surface area contributed by atoms with Crippen LogP contribution in [0.1, 0.15) is 86.0 Å². The molecule has 5 aliphatic carbocycles. The zero-order valence-electron chi connectivity index (χ0n) is 20.1. The van der Waals surface area contributed by atoms with E-state index in [1.165, 1.54) is 25.7 Å². The molecular formula is C27H42O4. The van der Waals surface area contributed by atoms with Gasteiger partial charge in [0.05, 0.1) is 18.3 Å². The predicted octanol–water partition coefficient (Wildman–Crippen LogP) is 4.36. The molecule has 2 bridgehead atoms. The highest BCUT2D eigenvalue weighted by Crippen LogP contribution is 2.86. The van der Waals surface area contributed by atoms with E-state index < -0.39 is 6.10 Å². The van der Waals surface area contributed by atoms with Crippen molar-refractivity contribution in [1.82, 2.24) is 0 Å². The second-order valence-electron chi connectivity index (χ2n) is 13.7. The van der Waals surface area contributed by atoms with Crippen molar-refractivity contribution in [3.05, 3.63) is 0 Å². The standard InChI is InChI=1S/C27H42O4/c1-15-12-16(13-28)31-21-20(15)24(4)10-11-26-14-27(9-8-17(26)25(24,5)22(21)30)18(26)6-7-19(29)23(27,2)3/h13,15-22,29-30H,6-12,14H2,1-5H3/t15-,16-,17?,18?,19+,20?,21+,22+,24-,25-,26+,27?/m1/s1. The molecule has 0 aromatic heterocycles. The largest absolute Gasteiger partial charge is 0.393 e. The van der Waals surface area contributed by atoms with E-state index in [-0.39, 0.29) is 40.0 Å². The summed E-state index contributed by atoms with van der Waals surface area (Å²) in [7, 11) is 0. The third-order valence-corrected chi connectivity index (χ3v) is 13.2. The maximum absolute atomic E-state index is 11.9. The first-order valence-corrected chi connectivity index (χ1v) is 13.0. The Morgan fingerprint density at radius 3 is 2.42 bits per heavy atom. The van der Waals surface area contributed by atoms with Crippen molar-refractivity contribution >= 4 is 6.29 Å². The normalized spacial score (nSPS) is 63.7. The van der Waals surface area contributed by atoms with E-state index in [4.69, 9.17) is 4.74 Å². The molecule has 5 saturated carbocycles. The molecule has 0 amide bonds. The molecule has 4 nitrogen and oxygen atoms in total. The monoisotopic (exact) mass is 430 g/mol. The minimum atomic E-state index is -0.495. The van der Waals surface area contributed by atoms with E-state index in [9.17, 15) is 15.0 Å². The minimum absolute atomic E-state index is 0.00905. The summed E-state index contributed by atoms with van der Waals surface area (Å²) in [4.78, 5) is 11.6. The number of ether oxygens (including phenoxy) is 1. The number of hydrogen-bond donors (Lipinski definition) is 2. The van der Waals surface area contributed by atoms with E-state index in [1.54, 1.807) is 0 Å². The van der Waals surface area contributed by atoms with Gasteiger partial charge in [0.25, 0.3) is 0 Å². The first kappa shape index (κ1) is 21.1. The fourth-order valence-electron chi connectivity index (χ4n) is 11.6. The fraction of sp³-hybridized carbons (Fsp3) is 0.963. The number of rotatable bonds is 1. The van der Waals surface area contributed by atoms with Crippen LogP contribution in [0, 0.1) is 50.7 Å². The molecule has 6 rings (SSSR count). The van der Waals surface area contributed by atoms with Crippen molar-refractivity contribution in [3.63, 3.8) is 0 Å². The summed E-state index contributed by atoms with van der Waals surface area (Å²) in [5, 5.41) is 22.8. The number of fused-ring (bicyclic) bond motifs is 4. The van der Waals surface area contributed by atoms with Gasteiger partial charge in [0, 0.05) is 5.41 Å². The van der Waals surface area contributed by atoms with E-state index in [1.807, 2.05) is 0 Å². The van der Waals surface area contributed by atoms with Crippen LogP contribution in [0.2, 0.25) is 0 Å². The van der Waals surface area contributed by atoms with Gasteiger partial charge in [0.2, 0.25) is 0 Å². The smallest absolute Gasteiger partial charge is 0.148 e. The quantitative estimate of drug-likeness (QED) is 0.607. The molecule has 12 atom stereocenters. The lowest BCUT2D eigenvalue weighted by molar-refractivity contribution is -0.343. The van der Waals surface area contributed by atoms with E-state index in [2.05, 4.69) is 34.6 Å². The van der Waals surface area contributed by atoms with Gasteiger partial charge in [-0.05, 0) is 96.7 Å². The van der Waals surface area contributed by atoms with Crippen molar-refractivity contribution in [1.29, 1.82) is 0 Å². The van der Waals surface area contributed by atoms with Crippen molar-refractivity contribution in [2.75, 3.05) is 0 Å². The molecule has 4 heteroatoms. The first-order valence-electron chi connectivity index (χ1n) is 13.0. The third kappa shape index (κ3) is 2.01.